The standard InChI is InChI=1S/C70H136O17P2/c1-9-62(7)48-40-32-23-18-20-25-34-42-50-67(72)80-56-65(87-70(75)53-45-37-27-21-19-24-33-41-49-63(8)10-2)58-84-88(76,77)82-54-64(71)55-83-89(78,79)85-59-66(57-81-68(73)51-43-35-29-28-31-39-47-61(5)6)86-69(74)52-44-36-26-17-15-13-11-12-14-16-22-30-38-46-60(3)4/h60-66,71H,9-59H2,1-8H3,(H,76,77)(H,78,79)/t62?,63?,64-,65-,66-/m1/s1. The Balaban J connectivity index is 5.25. The molecule has 19 heteroatoms. The number of aliphatic hydroxyl groups excluding tert-OH is 1. The molecule has 4 unspecified atom stereocenters. The van der Waals surface area contributed by atoms with Gasteiger partial charge in [-0.3, -0.25) is 37.3 Å². The van der Waals surface area contributed by atoms with Crippen molar-refractivity contribution < 1.29 is 80.2 Å². The molecule has 528 valence electrons. The quantitative estimate of drug-likeness (QED) is 0.0222. The number of hydrogen-bond acceptors (Lipinski definition) is 15. The van der Waals surface area contributed by atoms with Crippen LogP contribution in [0.25, 0.3) is 0 Å². The lowest BCUT2D eigenvalue weighted by atomic mass is 9.99. The molecule has 0 spiro atoms. The first-order chi connectivity index (χ1) is 42.7. The van der Waals surface area contributed by atoms with Crippen molar-refractivity contribution in [2.45, 2.75) is 363 Å². The zero-order chi connectivity index (χ0) is 66.1. The highest BCUT2D eigenvalue weighted by atomic mass is 31.2. The SMILES string of the molecule is CCC(C)CCCCCCCCCCC(=O)OC[C@H](COP(=O)(O)OC[C@@H](O)COP(=O)(O)OC[C@@H](COC(=O)CCCCCCCCC(C)C)OC(=O)CCCCCCCCCCCCCCCC(C)C)OC(=O)CCCCCCCCCCC(C)CC. The number of esters is 4. The Morgan fingerprint density at radius 3 is 0.798 bits per heavy atom. The van der Waals surface area contributed by atoms with E-state index in [0.717, 1.165) is 114 Å². The summed E-state index contributed by atoms with van der Waals surface area (Å²) in [6.07, 6.45) is 41.7. The number of phosphoric ester groups is 2. The zero-order valence-electron chi connectivity index (χ0n) is 58.1. The van der Waals surface area contributed by atoms with Crippen LogP contribution >= 0.6 is 15.6 Å². The van der Waals surface area contributed by atoms with Crippen molar-refractivity contribution in [2.75, 3.05) is 39.6 Å². The lowest BCUT2D eigenvalue weighted by Gasteiger charge is -2.21. The molecule has 0 aromatic carbocycles. The van der Waals surface area contributed by atoms with E-state index in [9.17, 15) is 43.2 Å². The third-order valence-electron chi connectivity index (χ3n) is 16.8. The second-order valence-electron chi connectivity index (χ2n) is 26.7. The molecule has 0 radical (unpaired) electrons. The molecule has 0 rings (SSSR count). The molecule has 0 saturated carbocycles. The van der Waals surface area contributed by atoms with Crippen molar-refractivity contribution in [3.05, 3.63) is 0 Å². The fourth-order valence-electron chi connectivity index (χ4n) is 10.4. The van der Waals surface area contributed by atoms with Crippen LogP contribution in [-0.4, -0.2) is 96.7 Å². The van der Waals surface area contributed by atoms with E-state index in [-0.39, 0.29) is 25.7 Å². The van der Waals surface area contributed by atoms with Gasteiger partial charge in [0, 0.05) is 25.7 Å². The predicted octanol–water partition coefficient (Wildman–Crippen LogP) is 19.7. The smallest absolute Gasteiger partial charge is 0.462 e. The number of phosphoric acid groups is 2. The van der Waals surface area contributed by atoms with Gasteiger partial charge in [0.05, 0.1) is 26.4 Å². The summed E-state index contributed by atoms with van der Waals surface area (Å²) in [6.45, 7) is 14.1. The van der Waals surface area contributed by atoms with E-state index in [1.165, 1.54) is 141 Å². The molecule has 0 aliphatic carbocycles. The Morgan fingerprint density at radius 1 is 0.315 bits per heavy atom. The Labute approximate surface area is 543 Å². The van der Waals surface area contributed by atoms with Crippen LogP contribution in [0.5, 0.6) is 0 Å². The highest BCUT2D eigenvalue weighted by Crippen LogP contribution is 2.45. The van der Waals surface area contributed by atoms with Crippen molar-refractivity contribution in [2.24, 2.45) is 23.7 Å². The number of aliphatic hydroxyl groups is 1. The van der Waals surface area contributed by atoms with Crippen LogP contribution in [0.2, 0.25) is 0 Å². The summed E-state index contributed by atoms with van der Waals surface area (Å²) in [5, 5.41) is 10.6. The number of unbranched alkanes of at least 4 members (excludes halogenated alkanes) is 31. The van der Waals surface area contributed by atoms with Crippen LogP contribution < -0.4 is 0 Å². The molecule has 0 aliphatic rings. The van der Waals surface area contributed by atoms with Gasteiger partial charge in [0.15, 0.2) is 12.2 Å². The second-order valence-corrected chi connectivity index (χ2v) is 29.6. The minimum absolute atomic E-state index is 0.104. The molecule has 7 atom stereocenters. The topological polar surface area (TPSA) is 237 Å². The van der Waals surface area contributed by atoms with Gasteiger partial charge in [-0.15, -0.1) is 0 Å². The highest BCUT2D eigenvalue weighted by Gasteiger charge is 2.30. The van der Waals surface area contributed by atoms with Crippen LogP contribution in [0.4, 0.5) is 0 Å². The van der Waals surface area contributed by atoms with Crippen LogP contribution in [-0.2, 0) is 65.4 Å². The molecule has 17 nitrogen and oxygen atoms in total. The Kier molecular flexibility index (Phi) is 58.5. The van der Waals surface area contributed by atoms with Crippen molar-refractivity contribution in [1.82, 2.24) is 0 Å². The summed E-state index contributed by atoms with van der Waals surface area (Å²) >= 11 is 0. The maximum absolute atomic E-state index is 13.0. The minimum Gasteiger partial charge on any atom is -0.462 e. The van der Waals surface area contributed by atoms with Gasteiger partial charge in [-0.25, -0.2) is 9.13 Å². The van der Waals surface area contributed by atoms with Crippen molar-refractivity contribution in [3.63, 3.8) is 0 Å². The summed E-state index contributed by atoms with van der Waals surface area (Å²) in [5.74, 6) is 0.881. The highest BCUT2D eigenvalue weighted by molar-refractivity contribution is 7.47. The predicted molar refractivity (Wildman–Crippen MR) is 358 cm³/mol. The van der Waals surface area contributed by atoms with E-state index < -0.39 is 97.5 Å². The van der Waals surface area contributed by atoms with Gasteiger partial charge < -0.3 is 33.8 Å². The molecule has 0 amide bonds. The monoisotopic (exact) mass is 1310 g/mol. The molecule has 0 heterocycles. The lowest BCUT2D eigenvalue weighted by molar-refractivity contribution is -0.161. The Hall–Kier alpha value is -1.94. The fraction of sp³-hybridized carbons (Fsp3) is 0.943. The minimum atomic E-state index is -4.95. The lowest BCUT2D eigenvalue weighted by Crippen LogP contribution is -2.30. The van der Waals surface area contributed by atoms with Crippen LogP contribution in [0.1, 0.15) is 344 Å². The number of rotatable bonds is 67. The molecule has 0 aromatic rings. The Bertz CT molecular complexity index is 1770. The maximum Gasteiger partial charge on any atom is 0.472 e. The molecule has 3 N–H and O–H groups in total. The van der Waals surface area contributed by atoms with E-state index in [4.69, 9.17) is 37.0 Å². The molecular formula is C70H136O17P2. The summed E-state index contributed by atoms with van der Waals surface area (Å²) in [4.78, 5) is 72.5. The second kappa shape index (κ2) is 59.8. The summed E-state index contributed by atoms with van der Waals surface area (Å²) in [7, 11) is -9.90. The van der Waals surface area contributed by atoms with Crippen LogP contribution in [0.3, 0.4) is 0 Å². The van der Waals surface area contributed by atoms with Crippen molar-refractivity contribution in [3.8, 4) is 0 Å². The Morgan fingerprint density at radius 2 is 0.539 bits per heavy atom. The zero-order valence-corrected chi connectivity index (χ0v) is 59.8. The summed E-state index contributed by atoms with van der Waals surface area (Å²) in [5.41, 5.74) is 0. The van der Waals surface area contributed by atoms with Gasteiger partial charge >= 0.3 is 39.5 Å². The first-order valence-electron chi connectivity index (χ1n) is 36.3. The van der Waals surface area contributed by atoms with Gasteiger partial charge in [0.1, 0.15) is 19.3 Å². The normalized spacial score (nSPS) is 14.9. The maximum atomic E-state index is 13.0. The van der Waals surface area contributed by atoms with Crippen LogP contribution in [0.15, 0.2) is 0 Å². The third-order valence-corrected chi connectivity index (χ3v) is 18.7. The van der Waals surface area contributed by atoms with E-state index in [1.807, 2.05) is 0 Å². The van der Waals surface area contributed by atoms with Gasteiger partial charge in [-0.1, -0.05) is 293 Å². The molecular weight excluding hydrogens is 1170 g/mol. The van der Waals surface area contributed by atoms with Gasteiger partial charge in [-0.2, -0.15) is 0 Å². The number of carbonyl (C=O) groups excluding carboxylic acids is 4. The first-order valence-corrected chi connectivity index (χ1v) is 39.3. The van der Waals surface area contributed by atoms with E-state index in [0.29, 0.717) is 31.6 Å². The van der Waals surface area contributed by atoms with Gasteiger partial charge in [-0.05, 0) is 49.4 Å². The van der Waals surface area contributed by atoms with Gasteiger partial charge in [0.2, 0.25) is 0 Å². The average molecular weight is 1310 g/mol. The largest absolute Gasteiger partial charge is 0.472 e. The van der Waals surface area contributed by atoms with E-state index in [2.05, 4.69) is 55.4 Å². The average Bonchev–Trinajstić information content (AvgIpc) is 3.50. The van der Waals surface area contributed by atoms with Gasteiger partial charge in [0.25, 0.3) is 0 Å². The van der Waals surface area contributed by atoms with Crippen LogP contribution in [0, 0.1) is 23.7 Å². The fourth-order valence-corrected chi connectivity index (χ4v) is 12.0. The summed E-state index contributed by atoms with van der Waals surface area (Å²) < 4.78 is 68.3. The summed E-state index contributed by atoms with van der Waals surface area (Å²) in [6, 6.07) is 0. The third kappa shape index (κ3) is 62.0. The van der Waals surface area contributed by atoms with Crippen molar-refractivity contribution in [1.29, 1.82) is 0 Å². The number of hydrogen-bond donors (Lipinski definition) is 3. The number of carbonyl (C=O) groups is 4. The first kappa shape index (κ1) is 87.1. The van der Waals surface area contributed by atoms with E-state index >= 15 is 0 Å². The molecule has 89 heavy (non-hydrogen) atoms. The molecule has 0 saturated heterocycles. The molecule has 0 aliphatic heterocycles. The van der Waals surface area contributed by atoms with Crippen molar-refractivity contribution >= 4 is 39.5 Å². The molecule has 0 bridgehead atoms. The molecule has 0 aromatic heterocycles. The number of ether oxygens (including phenoxy) is 4. The molecule has 0 fully saturated rings. The van der Waals surface area contributed by atoms with E-state index in [1.54, 1.807) is 0 Å².